The quantitative estimate of drug-likeness (QED) is 0.625. The van der Waals surface area contributed by atoms with Gasteiger partial charge in [0, 0.05) is 11.7 Å². The molecule has 0 aromatic heterocycles. The van der Waals surface area contributed by atoms with Crippen molar-refractivity contribution in [3.8, 4) is 6.07 Å². The number of carbonyl (C=O) groups excluding carboxylic acids is 4. The van der Waals surface area contributed by atoms with Gasteiger partial charge in [-0.15, -0.1) is 0 Å². The zero-order valence-electron chi connectivity index (χ0n) is 16.2. The number of imide groups is 1. The second kappa shape index (κ2) is 10.8. The van der Waals surface area contributed by atoms with Crippen LogP contribution in [0, 0.1) is 17.2 Å². The minimum Gasteiger partial charge on any atom is -0.452 e. The number of urea groups is 1. The first kappa shape index (κ1) is 21.9. The zero-order chi connectivity index (χ0) is 21.2. The third kappa shape index (κ3) is 7.25. The minimum absolute atomic E-state index is 0.0336. The van der Waals surface area contributed by atoms with Gasteiger partial charge in [-0.1, -0.05) is 19.8 Å². The van der Waals surface area contributed by atoms with E-state index in [0.717, 1.165) is 25.7 Å². The number of hydrogen-bond acceptors (Lipinski definition) is 6. The fourth-order valence-electron chi connectivity index (χ4n) is 3.08. The van der Waals surface area contributed by atoms with E-state index >= 15 is 0 Å². The van der Waals surface area contributed by atoms with E-state index < -0.39 is 30.4 Å². The molecule has 1 aromatic carbocycles. The van der Waals surface area contributed by atoms with E-state index in [4.69, 9.17) is 10.00 Å². The summed E-state index contributed by atoms with van der Waals surface area (Å²) in [6, 6.07) is 6.95. The van der Waals surface area contributed by atoms with E-state index in [2.05, 4.69) is 22.9 Å². The number of carbonyl (C=O) groups is 4. The molecule has 0 saturated heterocycles. The Morgan fingerprint density at radius 2 is 1.79 bits per heavy atom. The van der Waals surface area contributed by atoms with Crippen LogP contribution in [0.5, 0.6) is 0 Å². The summed E-state index contributed by atoms with van der Waals surface area (Å²) in [4.78, 5) is 47.1. The maximum absolute atomic E-state index is 12.0. The molecule has 1 aliphatic carbocycles. The van der Waals surface area contributed by atoms with Crippen LogP contribution in [0.1, 0.15) is 49.4 Å². The number of amides is 4. The van der Waals surface area contributed by atoms with Crippen LogP contribution < -0.4 is 16.0 Å². The first-order valence-corrected chi connectivity index (χ1v) is 9.43. The van der Waals surface area contributed by atoms with Gasteiger partial charge in [0.2, 0.25) is 5.91 Å². The monoisotopic (exact) mass is 400 g/mol. The van der Waals surface area contributed by atoms with E-state index in [1.165, 1.54) is 24.3 Å². The highest BCUT2D eigenvalue weighted by atomic mass is 16.5. The van der Waals surface area contributed by atoms with Crippen molar-refractivity contribution in [3.05, 3.63) is 29.8 Å². The summed E-state index contributed by atoms with van der Waals surface area (Å²) < 4.78 is 4.90. The molecule has 4 amide bonds. The van der Waals surface area contributed by atoms with Crippen molar-refractivity contribution in [3.63, 3.8) is 0 Å². The molecule has 9 nitrogen and oxygen atoms in total. The summed E-state index contributed by atoms with van der Waals surface area (Å²) in [5.41, 5.74) is 0.602. The van der Waals surface area contributed by atoms with E-state index in [9.17, 15) is 19.2 Å². The molecular formula is C20H24N4O5. The summed E-state index contributed by atoms with van der Waals surface area (Å²) in [5, 5.41) is 15.9. The number of hydrogen-bond donors (Lipinski definition) is 3. The lowest BCUT2D eigenvalue weighted by Gasteiger charge is -2.29. The van der Waals surface area contributed by atoms with Crippen molar-refractivity contribution < 1.29 is 23.9 Å². The molecule has 1 saturated carbocycles. The lowest BCUT2D eigenvalue weighted by Crippen LogP contribution is -2.48. The Balaban J connectivity index is 1.75. The number of nitriles is 1. The van der Waals surface area contributed by atoms with Crippen LogP contribution in [0.3, 0.4) is 0 Å². The van der Waals surface area contributed by atoms with Crippen LogP contribution in [0.2, 0.25) is 0 Å². The molecule has 0 spiro atoms. The van der Waals surface area contributed by atoms with Crippen molar-refractivity contribution in [1.82, 2.24) is 10.6 Å². The van der Waals surface area contributed by atoms with Gasteiger partial charge in [-0.25, -0.2) is 9.59 Å². The van der Waals surface area contributed by atoms with Crippen molar-refractivity contribution in [1.29, 1.82) is 5.26 Å². The van der Waals surface area contributed by atoms with Gasteiger partial charge >= 0.3 is 12.0 Å². The van der Waals surface area contributed by atoms with Crippen molar-refractivity contribution in [2.24, 2.45) is 5.92 Å². The lowest BCUT2D eigenvalue weighted by molar-refractivity contribution is -0.123. The zero-order valence-corrected chi connectivity index (χ0v) is 16.2. The van der Waals surface area contributed by atoms with Gasteiger partial charge in [0.15, 0.2) is 6.61 Å². The van der Waals surface area contributed by atoms with Crippen LogP contribution in [0.4, 0.5) is 10.5 Å². The molecule has 2 rings (SSSR count). The van der Waals surface area contributed by atoms with Crippen molar-refractivity contribution in [2.45, 2.75) is 45.1 Å². The van der Waals surface area contributed by atoms with E-state index in [0.29, 0.717) is 11.6 Å². The highest BCUT2D eigenvalue weighted by molar-refractivity contribution is 5.97. The Morgan fingerprint density at radius 1 is 1.10 bits per heavy atom. The summed E-state index contributed by atoms with van der Waals surface area (Å²) >= 11 is 0. The van der Waals surface area contributed by atoms with Gasteiger partial charge in [-0.05, 0) is 43.0 Å². The molecule has 9 heteroatoms. The molecule has 1 fully saturated rings. The number of nitrogens with zero attached hydrogens (tertiary/aromatic N) is 1. The molecule has 1 aliphatic rings. The molecule has 2 atom stereocenters. The summed E-state index contributed by atoms with van der Waals surface area (Å²) in [6.45, 7) is 1.47. The second-order valence-electron chi connectivity index (χ2n) is 6.93. The number of esters is 1. The molecule has 0 bridgehead atoms. The highest BCUT2D eigenvalue weighted by Gasteiger charge is 2.23. The molecule has 0 aliphatic heterocycles. The number of rotatable bonds is 6. The van der Waals surface area contributed by atoms with Crippen LogP contribution >= 0.6 is 0 Å². The maximum atomic E-state index is 12.0. The van der Waals surface area contributed by atoms with Crippen LogP contribution in [0.25, 0.3) is 0 Å². The largest absolute Gasteiger partial charge is 0.452 e. The van der Waals surface area contributed by atoms with Crippen LogP contribution in [-0.2, 0) is 14.3 Å². The Hall–Kier alpha value is -3.41. The summed E-state index contributed by atoms with van der Waals surface area (Å²) in [5.74, 6) is -1.56. The maximum Gasteiger partial charge on any atom is 0.338 e. The Bertz CT molecular complexity index is 800. The molecule has 1 aromatic rings. The summed E-state index contributed by atoms with van der Waals surface area (Å²) in [7, 11) is 0. The first-order valence-electron chi connectivity index (χ1n) is 9.43. The van der Waals surface area contributed by atoms with Gasteiger partial charge in [-0.3, -0.25) is 14.9 Å². The smallest absolute Gasteiger partial charge is 0.338 e. The predicted octanol–water partition coefficient (Wildman–Crippen LogP) is 2.10. The van der Waals surface area contributed by atoms with E-state index in [1.54, 1.807) is 6.07 Å². The van der Waals surface area contributed by atoms with Crippen LogP contribution in [0.15, 0.2) is 24.3 Å². The van der Waals surface area contributed by atoms with Crippen LogP contribution in [-0.4, -0.2) is 36.5 Å². The standard InChI is InChI=1S/C20H24N4O5/c1-13-4-2-3-5-16(13)23-20(28)24-18(26)12-29-19(27)14-6-8-15(9-7-14)22-17(25)10-11-21/h6-9,13,16H,2-5,10,12H2,1H3,(H,22,25)(H2,23,24,26,28). The van der Waals surface area contributed by atoms with Gasteiger partial charge in [0.05, 0.1) is 11.6 Å². The number of benzene rings is 1. The Kier molecular flexibility index (Phi) is 8.15. The molecular weight excluding hydrogens is 376 g/mol. The van der Waals surface area contributed by atoms with Gasteiger partial charge in [-0.2, -0.15) is 5.26 Å². The molecule has 29 heavy (non-hydrogen) atoms. The van der Waals surface area contributed by atoms with E-state index in [1.807, 2.05) is 0 Å². The highest BCUT2D eigenvalue weighted by Crippen LogP contribution is 2.23. The second-order valence-corrected chi connectivity index (χ2v) is 6.93. The number of ether oxygens (including phenoxy) is 1. The van der Waals surface area contributed by atoms with Gasteiger partial charge < -0.3 is 15.4 Å². The predicted molar refractivity (Wildman–Crippen MR) is 104 cm³/mol. The molecule has 3 N–H and O–H groups in total. The van der Waals surface area contributed by atoms with E-state index in [-0.39, 0.29) is 18.0 Å². The number of nitrogens with one attached hydrogen (secondary N) is 3. The number of anilines is 1. The topological polar surface area (TPSA) is 137 Å². The lowest BCUT2D eigenvalue weighted by atomic mass is 9.86. The molecule has 154 valence electrons. The fourth-order valence-corrected chi connectivity index (χ4v) is 3.08. The SMILES string of the molecule is CC1CCCCC1NC(=O)NC(=O)COC(=O)c1ccc(NC(=O)CC#N)cc1. The summed E-state index contributed by atoms with van der Waals surface area (Å²) in [6.07, 6.45) is 3.83. The van der Waals surface area contributed by atoms with Gasteiger partial charge in [0.25, 0.3) is 5.91 Å². The van der Waals surface area contributed by atoms with Crippen molar-refractivity contribution >= 4 is 29.5 Å². The Morgan fingerprint density at radius 3 is 2.45 bits per heavy atom. The van der Waals surface area contributed by atoms with Gasteiger partial charge in [0.1, 0.15) is 6.42 Å². The normalized spacial score (nSPS) is 18.1. The minimum atomic E-state index is -0.739. The fraction of sp³-hybridized carbons (Fsp3) is 0.450. The average molecular weight is 400 g/mol. The third-order valence-corrected chi connectivity index (χ3v) is 4.66. The Labute approximate surface area is 168 Å². The average Bonchev–Trinajstić information content (AvgIpc) is 2.68. The molecule has 0 heterocycles. The van der Waals surface area contributed by atoms with Crippen molar-refractivity contribution in [2.75, 3.05) is 11.9 Å². The molecule has 2 unspecified atom stereocenters. The molecule has 0 radical (unpaired) electrons. The third-order valence-electron chi connectivity index (χ3n) is 4.66. The first-order chi connectivity index (χ1) is 13.9.